The average molecular weight is 456 g/mol. The number of fused-ring (bicyclic) bond motifs is 1. The molecule has 1 aromatic carbocycles. The van der Waals surface area contributed by atoms with E-state index in [0.29, 0.717) is 24.4 Å². The smallest absolute Gasteiger partial charge is 0.159 e. The number of benzene rings is 1. The van der Waals surface area contributed by atoms with Crippen molar-refractivity contribution in [3.63, 3.8) is 0 Å². The van der Waals surface area contributed by atoms with E-state index >= 15 is 0 Å². The lowest BCUT2D eigenvalue weighted by Crippen LogP contribution is -2.27. The maximum atomic E-state index is 6.09. The number of aromatic nitrogens is 5. The molecule has 0 aliphatic heterocycles. The van der Waals surface area contributed by atoms with Crippen LogP contribution in [0, 0.1) is 5.92 Å². The Morgan fingerprint density at radius 1 is 0.971 bits per heavy atom. The highest BCUT2D eigenvalue weighted by Gasteiger charge is 2.21. The number of hydrogen-bond donors (Lipinski definition) is 2. The van der Waals surface area contributed by atoms with E-state index in [1.54, 1.807) is 0 Å². The molecule has 0 radical (unpaired) electrons. The van der Waals surface area contributed by atoms with E-state index in [1.165, 1.54) is 5.56 Å². The van der Waals surface area contributed by atoms with Gasteiger partial charge in [0.2, 0.25) is 0 Å². The summed E-state index contributed by atoms with van der Waals surface area (Å²) in [4.78, 5) is 18.9. The minimum atomic E-state index is 0.294. The standard InChI is InChI=1S/C27H33N7/c28-12-10-21(20-4-2-1-3-5-20)17-26-31-13-11-23(33-26)25-18-32-27-24(30-14-15-34(25)27)16-19-6-8-22(29)9-7-19/h1-5,11,13-15,18-19,21-22H,6-10,12,16-17,28-29H2. The third-order valence-electron chi connectivity index (χ3n) is 7.06. The third kappa shape index (κ3) is 5.00. The van der Waals surface area contributed by atoms with Crippen molar-refractivity contribution in [1.82, 2.24) is 24.3 Å². The molecule has 176 valence electrons. The summed E-state index contributed by atoms with van der Waals surface area (Å²) in [5, 5.41) is 0. The maximum absolute atomic E-state index is 6.09. The molecule has 1 aliphatic carbocycles. The highest BCUT2D eigenvalue weighted by atomic mass is 15.0. The Kier molecular flexibility index (Phi) is 6.92. The molecule has 0 saturated heterocycles. The molecule has 7 nitrogen and oxygen atoms in total. The zero-order valence-corrected chi connectivity index (χ0v) is 19.6. The van der Waals surface area contributed by atoms with Gasteiger partial charge in [-0.15, -0.1) is 0 Å². The van der Waals surface area contributed by atoms with Gasteiger partial charge < -0.3 is 11.5 Å². The molecule has 5 rings (SSSR count). The first-order valence-electron chi connectivity index (χ1n) is 12.3. The Hall–Kier alpha value is -3.16. The van der Waals surface area contributed by atoms with E-state index in [-0.39, 0.29) is 0 Å². The molecule has 0 bridgehead atoms. The van der Waals surface area contributed by atoms with Crippen molar-refractivity contribution in [3.8, 4) is 11.4 Å². The largest absolute Gasteiger partial charge is 0.330 e. The molecule has 1 aliphatic rings. The van der Waals surface area contributed by atoms with E-state index in [0.717, 1.165) is 73.5 Å². The van der Waals surface area contributed by atoms with Gasteiger partial charge in [0.15, 0.2) is 5.65 Å². The summed E-state index contributed by atoms with van der Waals surface area (Å²) in [7, 11) is 0. The maximum Gasteiger partial charge on any atom is 0.159 e. The van der Waals surface area contributed by atoms with Crippen molar-refractivity contribution in [3.05, 3.63) is 78.3 Å². The minimum Gasteiger partial charge on any atom is -0.330 e. The van der Waals surface area contributed by atoms with Gasteiger partial charge >= 0.3 is 0 Å². The van der Waals surface area contributed by atoms with Crippen molar-refractivity contribution in [2.75, 3.05) is 6.54 Å². The van der Waals surface area contributed by atoms with Crippen LogP contribution in [-0.4, -0.2) is 36.9 Å². The summed E-state index contributed by atoms with van der Waals surface area (Å²) < 4.78 is 2.11. The van der Waals surface area contributed by atoms with Crippen LogP contribution < -0.4 is 11.5 Å². The average Bonchev–Trinajstić information content (AvgIpc) is 3.31. The van der Waals surface area contributed by atoms with Crippen LogP contribution in [0.3, 0.4) is 0 Å². The van der Waals surface area contributed by atoms with Crippen molar-refractivity contribution >= 4 is 5.65 Å². The second-order valence-electron chi connectivity index (χ2n) is 9.44. The summed E-state index contributed by atoms with van der Waals surface area (Å²) in [6.07, 6.45) is 14.7. The molecule has 3 heterocycles. The fraction of sp³-hybridized carbons (Fsp3) is 0.407. The topological polar surface area (TPSA) is 108 Å². The van der Waals surface area contributed by atoms with Crippen molar-refractivity contribution in [2.45, 2.75) is 56.9 Å². The van der Waals surface area contributed by atoms with E-state index in [2.05, 4.69) is 38.6 Å². The summed E-state index contributed by atoms with van der Waals surface area (Å²) in [5.41, 5.74) is 17.1. The van der Waals surface area contributed by atoms with Crippen LogP contribution >= 0.6 is 0 Å². The quantitative estimate of drug-likeness (QED) is 0.417. The lowest BCUT2D eigenvalue weighted by atomic mass is 9.84. The van der Waals surface area contributed by atoms with Gasteiger partial charge in [-0.25, -0.2) is 15.0 Å². The van der Waals surface area contributed by atoms with Gasteiger partial charge in [-0.1, -0.05) is 30.3 Å². The molecule has 7 heteroatoms. The Bertz CT molecular complexity index is 1210. The molecule has 0 spiro atoms. The second-order valence-corrected chi connectivity index (χ2v) is 9.44. The van der Waals surface area contributed by atoms with E-state index in [4.69, 9.17) is 21.4 Å². The van der Waals surface area contributed by atoms with Gasteiger partial charge in [0, 0.05) is 31.1 Å². The Balaban J connectivity index is 1.39. The zero-order valence-electron chi connectivity index (χ0n) is 19.6. The molecule has 1 fully saturated rings. The molecule has 1 atom stereocenters. The molecular weight excluding hydrogens is 422 g/mol. The van der Waals surface area contributed by atoms with E-state index in [1.807, 2.05) is 36.9 Å². The highest BCUT2D eigenvalue weighted by Crippen LogP contribution is 2.28. The third-order valence-corrected chi connectivity index (χ3v) is 7.06. The van der Waals surface area contributed by atoms with Crippen LogP contribution in [-0.2, 0) is 12.8 Å². The molecule has 4 aromatic rings. The summed E-state index contributed by atoms with van der Waals surface area (Å²) in [6, 6.07) is 12.8. The number of hydrogen-bond acceptors (Lipinski definition) is 6. The number of imidazole rings is 1. The van der Waals surface area contributed by atoms with Gasteiger partial charge in [0.25, 0.3) is 0 Å². The van der Waals surface area contributed by atoms with Crippen LogP contribution in [0.1, 0.15) is 55.1 Å². The van der Waals surface area contributed by atoms with Crippen molar-refractivity contribution in [1.29, 1.82) is 0 Å². The van der Waals surface area contributed by atoms with E-state index in [9.17, 15) is 0 Å². The van der Waals surface area contributed by atoms with Crippen LogP contribution in [0.25, 0.3) is 17.0 Å². The number of rotatable bonds is 8. The summed E-state index contributed by atoms with van der Waals surface area (Å²) in [5.74, 6) is 1.74. The lowest BCUT2D eigenvalue weighted by Gasteiger charge is -2.25. The van der Waals surface area contributed by atoms with Gasteiger partial charge in [-0.3, -0.25) is 9.38 Å². The van der Waals surface area contributed by atoms with Crippen molar-refractivity contribution < 1.29 is 0 Å². The first kappa shape index (κ1) is 22.6. The molecule has 0 amide bonds. The normalized spacial score (nSPS) is 19.4. The van der Waals surface area contributed by atoms with Gasteiger partial charge in [0.05, 0.1) is 23.3 Å². The fourth-order valence-electron chi connectivity index (χ4n) is 5.15. The van der Waals surface area contributed by atoms with Crippen LogP contribution in [0.15, 0.2) is 61.2 Å². The first-order chi connectivity index (χ1) is 16.7. The molecular formula is C27H33N7. The molecule has 34 heavy (non-hydrogen) atoms. The molecule has 1 unspecified atom stereocenters. The van der Waals surface area contributed by atoms with Gasteiger partial charge in [-0.2, -0.15) is 0 Å². The minimum absolute atomic E-state index is 0.294. The zero-order chi connectivity index (χ0) is 23.3. The Labute approximate surface area is 200 Å². The number of nitrogens with zero attached hydrogens (tertiary/aromatic N) is 5. The van der Waals surface area contributed by atoms with Crippen LogP contribution in [0.2, 0.25) is 0 Å². The number of nitrogens with two attached hydrogens (primary N) is 2. The highest BCUT2D eigenvalue weighted by molar-refractivity contribution is 5.61. The molecule has 1 saturated carbocycles. The first-order valence-corrected chi connectivity index (χ1v) is 12.3. The van der Waals surface area contributed by atoms with Gasteiger partial charge in [-0.05, 0) is 68.5 Å². The van der Waals surface area contributed by atoms with Crippen LogP contribution in [0.4, 0.5) is 0 Å². The predicted octanol–water partition coefficient (Wildman–Crippen LogP) is 3.92. The molecule has 4 N–H and O–H groups in total. The van der Waals surface area contributed by atoms with Crippen LogP contribution in [0.5, 0.6) is 0 Å². The Morgan fingerprint density at radius 3 is 2.59 bits per heavy atom. The monoisotopic (exact) mass is 455 g/mol. The lowest BCUT2D eigenvalue weighted by molar-refractivity contribution is 0.323. The second kappa shape index (κ2) is 10.4. The SMILES string of the molecule is NCCC(Cc1nccc(-c2cnc3c(CC4CCC(N)CC4)nccn23)n1)c1ccccc1. The fourth-order valence-corrected chi connectivity index (χ4v) is 5.15. The van der Waals surface area contributed by atoms with Gasteiger partial charge in [0.1, 0.15) is 5.82 Å². The molecule has 3 aromatic heterocycles. The summed E-state index contributed by atoms with van der Waals surface area (Å²) >= 11 is 0. The Morgan fingerprint density at radius 2 is 1.79 bits per heavy atom. The predicted molar refractivity (Wildman–Crippen MR) is 134 cm³/mol. The van der Waals surface area contributed by atoms with Crippen molar-refractivity contribution in [2.24, 2.45) is 17.4 Å². The summed E-state index contributed by atoms with van der Waals surface area (Å²) in [6.45, 7) is 0.634. The van der Waals surface area contributed by atoms with E-state index < -0.39 is 0 Å².